The Balaban J connectivity index is -0.0000000442. The first-order chi connectivity index (χ1) is 15.3. The first kappa shape index (κ1) is 57.3. The van der Waals surface area contributed by atoms with Gasteiger partial charge in [-0.3, -0.25) is 0 Å². The van der Waals surface area contributed by atoms with Crippen molar-refractivity contribution in [1.29, 1.82) is 0 Å². The summed E-state index contributed by atoms with van der Waals surface area (Å²) >= 11 is 0. The number of hydrogen-bond donors (Lipinski definition) is 0. The van der Waals surface area contributed by atoms with Crippen molar-refractivity contribution in [3.8, 4) is 11.8 Å². The molecular weight excluding hydrogens is 854 g/mol. The van der Waals surface area contributed by atoms with E-state index in [1.165, 1.54) is 0 Å². The summed E-state index contributed by atoms with van der Waals surface area (Å²) in [5.74, 6) is 6.06. The predicted octanol–water partition coefficient (Wildman–Crippen LogP) is 15.2. The summed E-state index contributed by atoms with van der Waals surface area (Å²) in [4.78, 5) is 0. The fraction of sp³-hybridized carbons (Fsp3) is 0.200. The van der Waals surface area contributed by atoms with E-state index in [0.29, 0.717) is 0 Å². The number of rotatable bonds is 0. The SMILES string of the molecule is CCC#Cc1ccccc1.FP(F)F.FP(F)F.FP(F)F.FP(F)F.FP(F)F.FP(F)F.[Rh].[Rh]. The molecule has 1 aromatic rings. The number of benzene rings is 1. The standard InChI is InChI=1S/C10H10.6F3P.2Rh/c1-2-3-7-10-8-5-4-6-9-10;6*1-4(2)3;;/h4-6,8-9H,2H2,1H3;;;;;;;;. The summed E-state index contributed by atoms with van der Waals surface area (Å²) in [6, 6.07) is 10.0. The van der Waals surface area contributed by atoms with Crippen molar-refractivity contribution >= 4 is 53.1 Å². The van der Waals surface area contributed by atoms with Crippen molar-refractivity contribution in [3.63, 3.8) is 0 Å². The largest absolute Gasteiger partial charge is 0.456 e. The van der Waals surface area contributed by atoms with Crippen LogP contribution in [0.5, 0.6) is 0 Å². The van der Waals surface area contributed by atoms with Crippen LogP contribution < -0.4 is 0 Å². The van der Waals surface area contributed by atoms with Crippen molar-refractivity contribution in [2.45, 2.75) is 13.3 Å². The maximum absolute atomic E-state index is 9.73. The third kappa shape index (κ3) is 234. The van der Waals surface area contributed by atoms with Crippen LogP contribution in [0.25, 0.3) is 0 Å². The van der Waals surface area contributed by atoms with Crippen LogP contribution in [0, 0.1) is 11.8 Å². The summed E-state index contributed by atoms with van der Waals surface area (Å²) in [6.45, 7) is 2.05. The zero-order chi connectivity index (χ0) is 28.7. The summed E-state index contributed by atoms with van der Waals surface area (Å²) in [5, 5.41) is 0. The van der Waals surface area contributed by atoms with Crippen molar-refractivity contribution in [1.82, 2.24) is 0 Å². The topological polar surface area (TPSA) is 0 Å². The van der Waals surface area contributed by atoms with E-state index in [1.807, 2.05) is 30.3 Å². The molecule has 0 heterocycles. The maximum atomic E-state index is 9.73. The van der Waals surface area contributed by atoms with Gasteiger partial charge in [-0.2, -0.15) is 75.5 Å². The number of hydrogen-bond acceptors (Lipinski definition) is 0. The Morgan fingerprint density at radius 2 is 0.667 bits per heavy atom. The fourth-order valence-corrected chi connectivity index (χ4v) is 0.712. The summed E-state index contributed by atoms with van der Waals surface area (Å²) in [7, 11) is -24.7. The Hall–Kier alpha value is 1.35. The van der Waals surface area contributed by atoms with Gasteiger partial charge in [0.2, 0.25) is 0 Å². The van der Waals surface area contributed by atoms with Gasteiger partial charge in [0, 0.05) is 50.9 Å². The van der Waals surface area contributed by atoms with Gasteiger partial charge in [-0.1, -0.05) is 37.0 Å². The molecule has 0 nitrogen and oxygen atoms in total. The zero-order valence-corrected chi connectivity index (χ0v) is 24.9. The minimum atomic E-state index is -4.12. The van der Waals surface area contributed by atoms with Crippen molar-refractivity contribution in [2.24, 2.45) is 0 Å². The molecule has 0 atom stereocenters. The van der Waals surface area contributed by atoms with E-state index in [4.69, 9.17) is 0 Å². The molecular formula is C10H10F18P6Rh2. The molecule has 0 spiro atoms. The average molecular weight is 864 g/mol. The second-order valence-corrected chi connectivity index (χ2v) is 5.47. The maximum Gasteiger partial charge on any atom is 0.456 e. The molecule has 0 aliphatic rings. The van der Waals surface area contributed by atoms with Crippen LogP contribution in [0.2, 0.25) is 0 Å². The Morgan fingerprint density at radius 1 is 0.472 bits per heavy atom. The van der Waals surface area contributed by atoms with Crippen LogP contribution in [0.4, 0.5) is 75.5 Å². The van der Waals surface area contributed by atoms with Gasteiger partial charge in [0.25, 0.3) is 0 Å². The van der Waals surface area contributed by atoms with Crippen LogP contribution in [0.15, 0.2) is 30.3 Å². The van der Waals surface area contributed by atoms with Crippen LogP contribution in [-0.4, -0.2) is 0 Å². The second-order valence-electron chi connectivity index (χ2n) is 3.17. The minimum Gasteiger partial charge on any atom is -0.152 e. The van der Waals surface area contributed by atoms with Crippen molar-refractivity contribution in [3.05, 3.63) is 35.9 Å². The van der Waals surface area contributed by atoms with E-state index in [-0.39, 0.29) is 39.0 Å². The molecule has 36 heavy (non-hydrogen) atoms. The van der Waals surface area contributed by atoms with Crippen molar-refractivity contribution in [2.75, 3.05) is 0 Å². The first-order valence-electron chi connectivity index (χ1n) is 6.51. The quantitative estimate of drug-likeness (QED) is 0.106. The zero-order valence-electron chi connectivity index (χ0n) is 16.2. The van der Waals surface area contributed by atoms with E-state index >= 15 is 0 Å². The molecule has 2 radical (unpaired) electrons. The molecule has 0 aromatic heterocycles. The van der Waals surface area contributed by atoms with Gasteiger partial charge in [-0.05, 0) is 12.1 Å². The van der Waals surface area contributed by atoms with Gasteiger partial charge < -0.3 is 0 Å². The smallest absolute Gasteiger partial charge is 0.152 e. The molecule has 0 fully saturated rings. The molecule has 26 heteroatoms. The van der Waals surface area contributed by atoms with Gasteiger partial charge in [0.15, 0.2) is 0 Å². The van der Waals surface area contributed by atoms with E-state index in [0.717, 1.165) is 12.0 Å². The van der Waals surface area contributed by atoms with E-state index in [1.54, 1.807) is 0 Å². The molecule has 0 aliphatic heterocycles. The number of halogens is 18. The van der Waals surface area contributed by atoms with Gasteiger partial charge in [0.05, 0.1) is 0 Å². The molecule has 0 aliphatic carbocycles. The average Bonchev–Trinajstić information content (AvgIpc) is 2.58. The molecule has 0 saturated carbocycles. The molecule has 0 bridgehead atoms. The first-order valence-corrected chi connectivity index (χ1v) is 12.6. The normalized spacial score (nSPS) is 8.25. The molecule has 0 unspecified atom stereocenters. The molecule has 1 rings (SSSR count). The van der Waals surface area contributed by atoms with Crippen LogP contribution in [-0.2, 0) is 39.0 Å². The van der Waals surface area contributed by atoms with Gasteiger partial charge in [-0.15, -0.1) is 0 Å². The van der Waals surface area contributed by atoms with Gasteiger partial charge >= 0.3 is 53.1 Å². The van der Waals surface area contributed by atoms with Gasteiger partial charge in [0.1, 0.15) is 0 Å². The van der Waals surface area contributed by atoms with Crippen LogP contribution in [0.1, 0.15) is 18.9 Å². The van der Waals surface area contributed by atoms with E-state index in [2.05, 4.69) is 18.8 Å². The van der Waals surface area contributed by atoms with Gasteiger partial charge in [-0.25, -0.2) is 0 Å². The van der Waals surface area contributed by atoms with E-state index in [9.17, 15) is 75.5 Å². The molecule has 224 valence electrons. The van der Waals surface area contributed by atoms with Crippen LogP contribution >= 0.6 is 53.1 Å². The molecule has 0 saturated heterocycles. The Kier molecular flexibility index (Phi) is 78.5. The second kappa shape index (κ2) is 49.3. The third-order valence-corrected chi connectivity index (χ3v) is 1.18. The Bertz CT molecular complexity index is 461. The fourth-order valence-electron chi connectivity index (χ4n) is 0.712. The summed E-state index contributed by atoms with van der Waals surface area (Å²) < 4.78 is 175. The molecule has 1 aromatic carbocycles. The summed E-state index contributed by atoms with van der Waals surface area (Å²) in [5.41, 5.74) is 1.10. The van der Waals surface area contributed by atoms with Crippen LogP contribution in [0.3, 0.4) is 0 Å². The van der Waals surface area contributed by atoms with E-state index < -0.39 is 53.1 Å². The minimum absolute atomic E-state index is 0. The monoisotopic (exact) mass is 864 g/mol. The predicted molar refractivity (Wildman–Crippen MR) is 105 cm³/mol. The molecule has 0 amide bonds. The summed E-state index contributed by atoms with van der Waals surface area (Å²) in [6.07, 6.45) is 0.925. The third-order valence-electron chi connectivity index (χ3n) is 1.18. The Labute approximate surface area is 228 Å². The molecule has 0 N–H and O–H groups in total. The Morgan fingerprint density at radius 3 is 0.833 bits per heavy atom. The van der Waals surface area contributed by atoms with Crippen molar-refractivity contribution < 1.29 is 115 Å².